The van der Waals surface area contributed by atoms with Crippen LogP contribution < -0.4 is 5.73 Å². The molecule has 0 saturated carbocycles. The van der Waals surface area contributed by atoms with Crippen LogP contribution in [0.5, 0.6) is 0 Å². The number of nitrogens with zero attached hydrogens (tertiary/aromatic N) is 1. The fourth-order valence-electron chi connectivity index (χ4n) is 2.03. The average molecular weight is 238 g/mol. The van der Waals surface area contributed by atoms with Crippen LogP contribution in [0.4, 0.5) is 0 Å². The zero-order valence-electron chi connectivity index (χ0n) is 9.61. The summed E-state index contributed by atoms with van der Waals surface area (Å²) in [6.07, 6.45) is 3.06. The van der Waals surface area contributed by atoms with Gasteiger partial charge in [0.1, 0.15) is 0 Å². The van der Waals surface area contributed by atoms with Crippen molar-refractivity contribution in [2.45, 2.75) is 32.2 Å². The summed E-state index contributed by atoms with van der Waals surface area (Å²) in [6, 6.07) is 4.14. The standard InChI is InChI=1S/C12H18N2OS/c1-2-10-5-6-11(16-10)12(15)14-7-3-4-9(13)8-14/h5-6,9H,2-4,7-8,13H2,1H3. The van der Waals surface area contributed by atoms with Crippen LogP contribution in [0, 0.1) is 0 Å². The number of carbonyl (C=O) groups excluding carboxylic acids is 1. The van der Waals surface area contributed by atoms with E-state index in [0.717, 1.165) is 30.7 Å². The van der Waals surface area contributed by atoms with Crippen molar-refractivity contribution in [3.05, 3.63) is 21.9 Å². The van der Waals surface area contributed by atoms with Crippen molar-refractivity contribution in [2.75, 3.05) is 13.1 Å². The lowest BCUT2D eigenvalue weighted by molar-refractivity contribution is 0.0714. The zero-order valence-corrected chi connectivity index (χ0v) is 10.4. The second-order valence-corrected chi connectivity index (χ2v) is 5.44. The maximum Gasteiger partial charge on any atom is 0.263 e. The van der Waals surface area contributed by atoms with Gasteiger partial charge < -0.3 is 10.6 Å². The van der Waals surface area contributed by atoms with Crippen LogP contribution in [0.1, 0.15) is 34.3 Å². The number of hydrogen-bond acceptors (Lipinski definition) is 3. The predicted molar refractivity (Wildman–Crippen MR) is 66.8 cm³/mol. The van der Waals surface area contributed by atoms with E-state index in [1.165, 1.54) is 4.88 Å². The number of thiophene rings is 1. The van der Waals surface area contributed by atoms with E-state index in [1.807, 2.05) is 17.0 Å². The van der Waals surface area contributed by atoms with Crippen LogP contribution in [-0.2, 0) is 6.42 Å². The van der Waals surface area contributed by atoms with Gasteiger partial charge in [-0.05, 0) is 31.4 Å². The van der Waals surface area contributed by atoms with Crippen molar-refractivity contribution < 1.29 is 4.79 Å². The monoisotopic (exact) mass is 238 g/mol. The maximum atomic E-state index is 12.2. The summed E-state index contributed by atoms with van der Waals surface area (Å²) < 4.78 is 0. The second kappa shape index (κ2) is 4.97. The molecule has 1 aliphatic rings. The molecule has 4 heteroatoms. The molecule has 0 spiro atoms. The molecule has 0 radical (unpaired) electrons. The van der Waals surface area contributed by atoms with Gasteiger partial charge in [0.05, 0.1) is 4.88 Å². The Morgan fingerprint density at radius 1 is 1.62 bits per heavy atom. The Bertz CT molecular complexity index is 375. The van der Waals surface area contributed by atoms with Gasteiger partial charge in [-0.25, -0.2) is 0 Å². The Hall–Kier alpha value is -0.870. The van der Waals surface area contributed by atoms with Gasteiger partial charge in [0.25, 0.3) is 5.91 Å². The van der Waals surface area contributed by atoms with Crippen molar-refractivity contribution in [1.29, 1.82) is 0 Å². The molecule has 1 aliphatic heterocycles. The number of piperidine rings is 1. The summed E-state index contributed by atoms with van der Waals surface area (Å²) in [5.41, 5.74) is 5.88. The van der Waals surface area contributed by atoms with E-state index in [1.54, 1.807) is 11.3 Å². The maximum absolute atomic E-state index is 12.2. The Kier molecular flexibility index (Phi) is 3.61. The molecular weight excluding hydrogens is 220 g/mol. The molecule has 16 heavy (non-hydrogen) atoms. The molecule has 1 aromatic heterocycles. The first-order valence-corrected chi connectivity index (χ1v) is 6.66. The van der Waals surface area contributed by atoms with Gasteiger partial charge >= 0.3 is 0 Å². The number of rotatable bonds is 2. The first-order valence-electron chi connectivity index (χ1n) is 5.84. The fourth-order valence-corrected chi connectivity index (χ4v) is 2.95. The van der Waals surface area contributed by atoms with E-state index in [2.05, 4.69) is 6.92 Å². The van der Waals surface area contributed by atoms with E-state index < -0.39 is 0 Å². The Morgan fingerprint density at radius 2 is 2.44 bits per heavy atom. The van der Waals surface area contributed by atoms with Crippen LogP contribution in [0.25, 0.3) is 0 Å². The van der Waals surface area contributed by atoms with Gasteiger partial charge in [-0.2, -0.15) is 0 Å². The summed E-state index contributed by atoms with van der Waals surface area (Å²) in [6.45, 7) is 3.67. The van der Waals surface area contributed by atoms with Gasteiger partial charge in [-0.3, -0.25) is 4.79 Å². The molecule has 1 fully saturated rings. The molecule has 1 saturated heterocycles. The topological polar surface area (TPSA) is 46.3 Å². The number of amides is 1. The Morgan fingerprint density at radius 3 is 3.06 bits per heavy atom. The SMILES string of the molecule is CCc1ccc(C(=O)N2CCCC(N)C2)s1. The minimum Gasteiger partial charge on any atom is -0.336 e. The Labute approximate surface area is 100 Å². The molecule has 0 aromatic carbocycles. The van der Waals surface area contributed by atoms with Gasteiger partial charge in [-0.15, -0.1) is 11.3 Å². The molecule has 0 aliphatic carbocycles. The van der Waals surface area contributed by atoms with Crippen LogP contribution in [0.2, 0.25) is 0 Å². The lowest BCUT2D eigenvalue weighted by atomic mass is 10.1. The molecule has 0 bridgehead atoms. The van der Waals surface area contributed by atoms with Crippen LogP contribution in [0.15, 0.2) is 12.1 Å². The first kappa shape index (κ1) is 11.6. The van der Waals surface area contributed by atoms with Gasteiger partial charge in [0.15, 0.2) is 0 Å². The average Bonchev–Trinajstić information content (AvgIpc) is 2.76. The van der Waals surface area contributed by atoms with E-state index in [4.69, 9.17) is 5.73 Å². The minimum atomic E-state index is 0.153. The lowest BCUT2D eigenvalue weighted by Gasteiger charge is -2.30. The van der Waals surface area contributed by atoms with Crippen LogP contribution in [-0.4, -0.2) is 29.9 Å². The summed E-state index contributed by atoms with van der Waals surface area (Å²) in [7, 11) is 0. The molecule has 2 rings (SSSR count). The minimum absolute atomic E-state index is 0.153. The number of carbonyl (C=O) groups is 1. The molecule has 2 heterocycles. The van der Waals surface area contributed by atoms with Crippen molar-refractivity contribution >= 4 is 17.2 Å². The smallest absolute Gasteiger partial charge is 0.263 e. The largest absolute Gasteiger partial charge is 0.336 e. The molecule has 2 N–H and O–H groups in total. The van der Waals surface area contributed by atoms with Crippen molar-refractivity contribution in [3.63, 3.8) is 0 Å². The molecule has 1 amide bonds. The highest BCUT2D eigenvalue weighted by Crippen LogP contribution is 2.20. The second-order valence-electron chi connectivity index (χ2n) is 4.27. The third-order valence-electron chi connectivity index (χ3n) is 2.97. The number of nitrogens with two attached hydrogens (primary N) is 1. The zero-order chi connectivity index (χ0) is 11.5. The molecule has 1 aromatic rings. The molecular formula is C12H18N2OS. The van der Waals surface area contributed by atoms with Crippen molar-refractivity contribution in [1.82, 2.24) is 4.90 Å². The normalized spacial score (nSPS) is 21.1. The number of aryl methyl sites for hydroxylation is 1. The third kappa shape index (κ3) is 2.44. The molecule has 3 nitrogen and oxygen atoms in total. The van der Waals surface area contributed by atoms with Crippen molar-refractivity contribution in [3.8, 4) is 0 Å². The molecule has 88 valence electrons. The van der Waals surface area contributed by atoms with Crippen LogP contribution in [0.3, 0.4) is 0 Å². The van der Waals surface area contributed by atoms with Gasteiger partial charge in [0, 0.05) is 24.0 Å². The number of likely N-dealkylation sites (tertiary alicyclic amines) is 1. The highest BCUT2D eigenvalue weighted by Gasteiger charge is 2.23. The van der Waals surface area contributed by atoms with Crippen molar-refractivity contribution in [2.24, 2.45) is 5.73 Å². The van der Waals surface area contributed by atoms with E-state index in [-0.39, 0.29) is 11.9 Å². The number of hydrogen-bond donors (Lipinski definition) is 1. The fraction of sp³-hybridized carbons (Fsp3) is 0.583. The summed E-state index contributed by atoms with van der Waals surface area (Å²) >= 11 is 1.60. The van der Waals surface area contributed by atoms with Gasteiger partial charge in [-0.1, -0.05) is 6.92 Å². The highest BCUT2D eigenvalue weighted by atomic mass is 32.1. The predicted octanol–water partition coefficient (Wildman–Crippen LogP) is 1.87. The van der Waals surface area contributed by atoms with E-state index >= 15 is 0 Å². The Balaban J connectivity index is 2.06. The summed E-state index contributed by atoms with van der Waals surface area (Å²) in [5, 5.41) is 0. The van der Waals surface area contributed by atoms with E-state index in [0.29, 0.717) is 6.54 Å². The highest BCUT2D eigenvalue weighted by molar-refractivity contribution is 7.14. The van der Waals surface area contributed by atoms with Crippen LogP contribution >= 0.6 is 11.3 Å². The third-order valence-corrected chi connectivity index (χ3v) is 4.18. The molecule has 1 atom stereocenters. The van der Waals surface area contributed by atoms with Gasteiger partial charge in [0.2, 0.25) is 0 Å². The summed E-state index contributed by atoms with van der Waals surface area (Å²) in [4.78, 5) is 16.2. The first-order chi connectivity index (χ1) is 7.70. The molecule has 1 unspecified atom stereocenters. The quantitative estimate of drug-likeness (QED) is 0.855. The summed E-state index contributed by atoms with van der Waals surface area (Å²) in [5.74, 6) is 0.153. The lowest BCUT2D eigenvalue weighted by Crippen LogP contribution is -2.45. The van der Waals surface area contributed by atoms with E-state index in [9.17, 15) is 4.79 Å².